The lowest BCUT2D eigenvalue weighted by atomic mass is 10.1. The van der Waals surface area contributed by atoms with E-state index in [0.29, 0.717) is 0 Å². The van der Waals surface area contributed by atoms with Crippen LogP contribution in [0.5, 0.6) is 0 Å². The highest BCUT2D eigenvalue weighted by atomic mass is 79.9. The van der Waals surface area contributed by atoms with Crippen molar-refractivity contribution in [3.63, 3.8) is 0 Å². The van der Waals surface area contributed by atoms with Gasteiger partial charge < -0.3 is 10.7 Å². The van der Waals surface area contributed by atoms with Crippen LogP contribution in [-0.4, -0.2) is 4.98 Å². The number of aryl methyl sites for hydroxylation is 1. The van der Waals surface area contributed by atoms with Crippen molar-refractivity contribution in [1.29, 1.82) is 0 Å². The molecule has 0 radical (unpaired) electrons. The van der Waals surface area contributed by atoms with Gasteiger partial charge in [0.15, 0.2) is 0 Å². The number of hydrogen-bond donors (Lipinski definition) is 2. The number of H-pyrrole nitrogens is 1. The first-order chi connectivity index (χ1) is 7.59. The Morgan fingerprint density at radius 3 is 2.69 bits per heavy atom. The highest BCUT2D eigenvalue weighted by molar-refractivity contribution is 9.10. The summed E-state index contributed by atoms with van der Waals surface area (Å²) in [6, 6.07) is 9.48. The van der Waals surface area contributed by atoms with Crippen molar-refractivity contribution in [2.24, 2.45) is 0 Å². The SMILES string of the molecule is Cc1ccccc1-c1[nH]c(=O)c(N)cc1Br. The standard InChI is InChI=1S/C12H11BrN2O/c1-7-4-2-3-5-8(7)11-9(13)6-10(14)12(16)15-11/h2-6H,14H2,1H3,(H,15,16). The Hall–Kier alpha value is -1.55. The topological polar surface area (TPSA) is 58.9 Å². The molecule has 82 valence electrons. The predicted molar refractivity (Wildman–Crippen MR) is 69.3 cm³/mol. The maximum atomic E-state index is 11.5. The molecule has 0 saturated carbocycles. The fourth-order valence-electron chi connectivity index (χ4n) is 1.57. The molecule has 0 fully saturated rings. The van der Waals surface area contributed by atoms with Crippen LogP contribution in [0.4, 0.5) is 5.69 Å². The van der Waals surface area contributed by atoms with Gasteiger partial charge in [-0.2, -0.15) is 0 Å². The van der Waals surface area contributed by atoms with Crippen LogP contribution < -0.4 is 11.3 Å². The van der Waals surface area contributed by atoms with E-state index in [1.807, 2.05) is 31.2 Å². The van der Waals surface area contributed by atoms with Gasteiger partial charge in [0.2, 0.25) is 0 Å². The largest absolute Gasteiger partial charge is 0.394 e. The molecule has 0 unspecified atom stereocenters. The number of nitrogens with two attached hydrogens (primary N) is 1. The summed E-state index contributed by atoms with van der Waals surface area (Å²) in [5, 5.41) is 0. The molecule has 0 atom stereocenters. The normalized spacial score (nSPS) is 10.4. The molecular weight excluding hydrogens is 268 g/mol. The number of aromatic amines is 1. The molecule has 16 heavy (non-hydrogen) atoms. The lowest BCUT2D eigenvalue weighted by molar-refractivity contribution is 1.22. The predicted octanol–water partition coefficient (Wildman–Crippen LogP) is 2.70. The van der Waals surface area contributed by atoms with E-state index in [1.54, 1.807) is 6.07 Å². The number of nitrogen functional groups attached to an aromatic ring is 1. The van der Waals surface area contributed by atoms with Crippen LogP contribution in [0.1, 0.15) is 5.56 Å². The number of aromatic nitrogens is 1. The van der Waals surface area contributed by atoms with Crippen molar-refractivity contribution >= 4 is 21.6 Å². The van der Waals surface area contributed by atoms with Crippen LogP contribution >= 0.6 is 15.9 Å². The zero-order valence-electron chi connectivity index (χ0n) is 8.75. The van der Waals surface area contributed by atoms with Crippen molar-refractivity contribution in [2.45, 2.75) is 6.92 Å². The molecule has 3 N–H and O–H groups in total. The van der Waals surface area contributed by atoms with Gasteiger partial charge in [-0.15, -0.1) is 0 Å². The molecular formula is C12H11BrN2O. The quantitative estimate of drug-likeness (QED) is 0.843. The van der Waals surface area contributed by atoms with Gasteiger partial charge in [-0.1, -0.05) is 24.3 Å². The molecule has 0 aliphatic heterocycles. The zero-order chi connectivity index (χ0) is 11.7. The van der Waals surface area contributed by atoms with Gasteiger partial charge >= 0.3 is 0 Å². The first kappa shape index (κ1) is 11.0. The second kappa shape index (κ2) is 4.14. The van der Waals surface area contributed by atoms with Crippen LogP contribution in [0.2, 0.25) is 0 Å². The third-order valence-electron chi connectivity index (χ3n) is 2.44. The number of pyridine rings is 1. The molecule has 0 amide bonds. The Morgan fingerprint density at radius 2 is 2.00 bits per heavy atom. The maximum Gasteiger partial charge on any atom is 0.271 e. The molecule has 0 aliphatic carbocycles. The van der Waals surface area contributed by atoms with Crippen molar-refractivity contribution in [3.8, 4) is 11.3 Å². The second-order valence-corrected chi connectivity index (χ2v) is 4.45. The summed E-state index contributed by atoms with van der Waals surface area (Å²) >= 11 is 3.40. The van der Waals surface area contributed by atoms with Crippen molar-refractivity contribution < 1.29 is 0 Å². The zero-order valence-corrected chi connectivity index (χ0v) is 10.3. The van der Waals surface area contributed by atoms with Gasteiger partial charge in [0.05, 0.1) is 11.4 Å². The van der Waals surface area contributed by atoms with Crippen LogP contribution in [0, 0.1) is 6.92 Å². The number of benzene rings is 1. The monoisotopic (exact) mass is 278 g/mol. The summed E-state index contributed by atoms with van der Waals surface area (Å²) in [6.45, 7) is 2.00. The molecule has 1 heterocycles. The van der Waals surface area contributed by atoms with E-state index in [2.05, 4.69) is 20.9 Å². The lowest BCUT2D eigenvalue weighted by Crippen LogP contribution is -2.12. The fourth-order valence-corrected chi connectivity index (χ4v) is 2.13. The van der Waals surface area contributed by atoms with Gasteiger partial charge in [-0.3, -0.25) is 4.79 Å². The van der Waals surface area contributed by atoms with Crippen LogP contribution in [0.3, 0.4) is 0 Å². The van der Waals surface area contributed by atoms with Gasteiger partial charge in [0, 0.05) is 10.0 Å². The average molecular weight is 279 g/mol. The summed E-state index contributed by atoms with van der Waals surface area (Å²) in [6.07, 6.45) is 0. The Bertz CT molecular complexity index is 590. The maximum absolute atomic E-state index is 11.5. The molecule has 4 heteroatoms. The molecule has 0 bridgehead atoms. The molecule has 3 nitrogen and oxygen atoms in total. The Labute approximate surface area is 101 Å². The minimum atomic E-state index is -0.263. The van der Waals surface area contributed by atoms with Crippen LogP contribution in [-0.2, 0) is 0 Å². The van der Waals surface area contributed by atoms with Gasteiger partial charge in [0.25, 0.3) is 5.56 Å². The number of hydrogen-bond acceptors (Lipinski definition) is 2. The minimum absolute atomic E-state index is 0.212. The van der Waals surface area contributed by atoms with E-state index in [9.17, 15) is 4.79 Å². The van der Waals surface area contributed by atoms with E-state index in [-0.39, 0.29) is 11.2 Å². The van der Waals surface area contributed by atoms with E-state index < -0.39 is 0 Å². The average Bonchev–Trinajstić information content (AvgIpc) is 2.25. The van der Waals surface area contributed by atoms with E-state index in [0.717, 1.165) is 21.3 Å². The van der Waals surface area contributed by atoms with E-state index >= 15 is 0 Å². The number of halogens is 1. The minimum Gasteiger partial charge on any atom is -0.394 e. The summed E-state index contributed by atoms with van der Waals surface area (Å²) in [5.74, 6) is 0. The first-order valence-corrected chi connectivity index (χ1v) is 5.63. The summed E-state index contributed by atoms with van der Waals surface area (Å²) in [7, 11) is 0. The molecule has 0 spiro atoms. The highest BCUT2D eigenvalue weighted by Gasteiger charge is 2.08. The molecule has 2 rings (SSSR count). The summed E-state index contributed by atoms with van der Waals surface area (Å²) in [5.41, 5.74) is 8.34. The van der Waals surface area contributed by atoms with Crippen molar-refractivity contribution in [1.82, 2.24) is 4.98 Å². The Balaban J connectivity index is 2.70. The number of anilines is 1. The highest BCUT2D eigenvalue weighted by Crippen LogP contribution is 2.28. The summed E-state index contributed by atoms with van der Waals surface area (Å²) < 4.78 is 0.791. The fraction of sp³-hybridized carbons (Fsp3) is 0.0833. The summed E-state index contributed by atoms with van der Waals surface area (Å²) in [4.78, 5) is 14.2. The molecule has 1 aromatic carbocycles. The Kier molecular flexibility index (Phi) is 2.83. The molecule has 1 aromatic heterocycles. The van der Waals surface area contributed by atoms with E-state index in [1.165, 1.54) is 0 Å². The number of nitrogens with one attached hydrogen (secondary N) is 1. The van der Waals surface area contributed by atoms with Crippen molar-refractivity contribution in [3.05, 3.63) is 50.7 Å². The second-order valence-electron chi connectivity index (χ2n) is 3.59. The molecule has 0 saturated heterocycles. The smallest absolute Gasteiger partial charge is 0.271 e. The van der Waals surface area contributed by atoms with E-state index in [4.69, 9.17) is 5.73 Å². The van der Waals surface area contributed by atoms with Gasteiger partial charge in [-0.25, -0.2) is 0 Å². The lowest BCUT2D eigenvalue weighted by Gasteiger charge is -2.08. The third-order valence-corrected chi connectivity index (χ3v) is 3.06. The van der Waals surface area contributed by atoms with Gasteiger partial charge in [-0.05, 0) is 34.5 Å². The number of rotatable bonds is 1. The Morgan fingerprint density at radius 1 is 1.31 bits per heavy atom. The first-order valence-electron chi connectivity index (χ1n) is 4.84. The molecule has 2 aromatic rings. The van der Waals surface area contributed by atoms with Crippen molar-refractivity contribution in [2.75, 3.05) is 5.73 Å². The third kappa shape index (κ3) is 1.88. The van der Waals surface area contributed by atoms with Crippen LogP contribution in [0.15, 0.2) is 39.6 Å². The molecule has 0 aliphatic rings. The van der Waals surface area contributed by atoms with Gasteiger partial charge in [0.1, 0.15) is 0 Å². The van der Waals surface area contributed by atoms with Crippen LogP contribution in [0.25, 0.3) is 11.3 Å².